The van der Waals surface area contributed by atoms with Gasteiger partial charge in [-0.05, 0) is 52.8 Å². The van der Waals surface area contributed by atoms with Crippen LogP contribution in [-0.2, 0) is 18.2 Å². The van der Waals surface area contributed by atoms with E-state index in [4.69, 9.17) is 42.1 Å². The number of thiocarbonyl (C=S) groups is 1. The average molecular weight is 406 g/mol. The van der Waals surface area contributed by atoms with Gasteiger partial charge in [0.1, 0.15) is 0 Å². The molecule has 0 saturated carbocycles. The van der Waals surface area contributed by atoms with Gasteiger partial charge in [-0.25, -0.2) is 20.1 Å². The highest BCUT2D eigenvalue weighted by molar-refractivity contribution is 7.80. The second-order valence-electron chi connectivity index (χ2n) is 6.51. The minimum absolute atomic E-state index is 0.362. The molecule has 0 rings (SSSR count). The lowest BCUT2D eigenvalue weighted by molar-refractivity contribution is 0.0847. The van der Waals surface area contributed by atoms with Crippen molar-refractivity contribution < 1.29 is 28.0 Å². The van der Waals surface area contributed by atoms with E-state index in [1.165, 1.54) is 0 Å². The molecule has 0 saturated heterocycles. The van der Waals surface area contributed by atoms with E-state index in [-0.39, 0.29) is 0 Å². The van der Waals surface area contributed by atoms with E-state index >= 15 is 0 Å². The zero-order chi connectivity index (χ0) is 19.2. The molecule has 2 atom stereocenters. The Morgan fingerprint density at radius 1 is 0.958 bits per heavy atom. The summed E-state index contributed by atoms with van der Waals surface area (Å²) in [5.41, 5.74) is 8.17. The number of nitrogens with one attached hydrogen (secondary N) is 2. The van der Waals surface area contributed by atoms with Crippen molar-refractivity contribution in [2.24, 2.45) is 11.0 Å². The predicted molar refractivity (Wildman–Crippen MR) is 96.2 cm³/mol. The quantitative estimate of drug-likeness (QED) is 0.225. The summed E-state index contributed by atoms with van der Waals surface area (Å²) >= 11 is 5.09. The van der Waals surface area contributed by atoms with E-state index in [1.807, 2.05) is 0 Å². The van der Waals surface area contributed by atoms with Crippen molar-refractivity contribution in [2.75, 3.05) is 13.1 Å². The molecule has 0 radical (unpaired) electrons. The Kier molecular flexibility index (Phi) is 8.99. The van der Waals surface area contributed by atoms with Crippen LogP contribution >= 0.6 is 27.7 Å². The van der Waals surface area contributed by atoms with Crippen molar-refractivity contribution in [3.63, 3.8) is 0 Å². The van der Waals surface area contributed by atoms with Crippen LogP contribution in [0.4, 0.5) is 0 Å². The molecule has 0 aromatic heterocycles. The standard InChI is InChI=1S/C11H28N4O6P2S/c1-10(2,20-22(12,16)17)5-7-14-9(24)15-8-6-11(3,4)21-23(13,18)19/h5-8H2,1-4H3,(H3,12,16,17)(H3,13,18,19)(H2,14,15,24). The van der Waals surface area contributed by atoms with Crippen LogP contribution in [0.1, 0.15) is 40.5 Å². The molecule has 8 N–H and O–H groups in total. The first-order valence-corrected chi connectivity index (χ1v) is 10.9. The fourth-order valence-corrected chi connectivity index (χ4v) is 3.62. The maximum Gasteiger partial charge on any atom is 0.400 e. The van der Waals surface area contributed by atoms with Gasteiger partial charge in [0, 0.05) is 13.1 Å². The molecular formula is C11H28N4O6P2S. The Bertz CT molecular complexity index is 475. The molecular weight excluding hydrogens is 378 g/mol. The molecule has 0 heterocycles. The summed E-state index contributed by atoms with van der Waals surface area (Å²) in [5, 5.41) is 6.20. The highest BCUT2D eigenvalue weighted by Crippen LogP contribution is 2.39. The third kappa shape index (κ3) is 14.3. The van der Waals surface area contributed by atoms with Gasteiger partial charge < -0.3 is 20.4 Å². The van der Waals surface area contributed by atoms with Crippen molar-refractivity contribution in [1.29, 1.82) is 0 Å². The van der Waals surface area contributed by atoms with E-state index in [0.29, 0.717) is 31.0 Å². The first-order valence-electron chi connectivity index (χ1n) is 7.17. The molecule has 10 nitrogen and oxygen atoms in total. The SMILES string of the molecule is CC(C)(CCNC(=S)NCCC(C)(C)OP(N)(=O)O)OP(N)(=O)O. The van der Waals surface area contributed by atoms with Gasteiger partial charge in [-0.3, -0.25) is 9.05 Å². The van der Waals surface area contributed by atoms with Gasteiger partial charge in [-0.1, -0.05) is 0 Å². The summed E-state index contributed by atoms with van der Waals surface area (Å²) in [6, 6.07) is 0. The number of rotatable bonds is 10. The molecule has 0 fully saturated rings. The number of nitrogens with two attached hydrogens (primary N) is 2. The van der Waals surface area contributed by atoms with Crippen LogP contribution in [0.2, 0.25) is 0 Å². The fourth-order valence-electron chi connectivity index (χ4n) is 1.82. The van der Waals surface area contributed by atoms with Gasteiger partial charge in [-0.2, -0.15) is 0 Å². The first-order chi connectivity index (χ1) is 10.5. The summed E-state index contributed by atoms with van der Waals surface area (Å²) < 4.78 is 31.9. The van der Waals surface area contributed by atoms with Crippen LogP contribution < -0.4 is 21.6 Å². The molecule has 0 aromatic rings. The smallest absolute Gasteiger partial charge is 0.363 e. The van der Waals surface area contributed by atoms with Gasteiger partial charge in [0.25, 0.3) is 0 Å². The van der Waals surface area contributed by atoms with Crippen molar-refractivity contribution in [1.82, 2.24) is 10.6 Å². The van der Waals surface area contributed by atoms with Gasteiger partial charge in [0.2, 0.25) is 0 Å². The van der Waals surface area contributed by atoms with Crippen LogP contribution in [0.25, 0.3) is 0 Å². The Morgan fingerprint density at radius 2 is 1.25 bits per heavy atom. The zero-order valence-electron chi connectivity index (χ0n) is 14.3. The minimum Gasteiger partial charge on any atom is -0.363 e. The second kappa shape index (κ2) is 9.02. The van der Waals surface area contributed by atoms with Gasteiger partial charge in [-0.15, -0.1) is 0 Å². The van der Waals surface area contributed by atoms with Crippen LogP contribution in [0.15, 0.2) is 0 Å². The molecule has 0 aromatic carbocycles. The van der Waals surface area contributed by atoms with E-state index in [9.17, 15) is 9.13 Å². The third-order valence-corrected chi connectivity index (χ3v) is 4.58. The molecule has 13 heteroatoms. The lowest BCUT2D eigenvalue weighted by atomic mass is 10.1. The average Bonchev–Trinajstić information content (AvgIpc) is 2.20. The van der Waals surface area contributed by atoms with Crippen molar-refractivity contribution in [3.8, 4) is 0 Å². The molecule has 0 spiro atoms. The highest BCUT2D eigenvalue weighted by atomic mass is 32.1. The zero-order valence-corrected chi connectivity index (χ0v) is 16.9. The molecule has 0 bridgehead atoms. The normalized spacial score (nSPS) is 17.7. The predicted octanol–water partition coefficient (Wildman–Crippen LogP) is 0.939. The first kappa shape index (κ1) is 23.9. The largest absolute Gasteiger partial charge is 0.400 e. The highest BCUT2D eigenvalue weighted by Gasteiger charge is 2.28. The van der Waals surface area contributed by atoms with E-state index < -0.39 is 26.7 Å². The van der Waals surface area contributed by atoms with E-state index in [2.05, 4.69) is 10.6 Å². The van der Waals surface area contributed by atoms with Crippen LogP contribution in [-0.4, -0.2) is 39.2 Å². The van der Waals surface area contributed by atoms with Crippen molar-refractivity contribution in [2.45, 2.75) is 51.7 Å². The molecule has 0 aliphatic heterocycles. The summed E-state index contributed by atoms with van der Waals surface area (Å²) in [6.45, 7) is 7.35. The van der Waals surface area contributed by atoms with Gasteiger partial charge in [0.15, 0.2) is 5.11 Å². The van der Waals surface area contributed by atoms with Crippen molar-refractivity contribution >= 4 is 32.8 Å². The lowest BCUT2D eigenvalue weighted by Crippen LogP contribution is -2.40. The molecule has 0 amide bonds. The Balaban J connectivity index is 4.08. The lowest BCUT2D eigenvalue weighted by Gasteiger charge is -2.27. The number of hydrogen-bond acceptors (Lipinski definition) is 5. The molecule has 2 unspecified atom stereocenters. The summed E-state index contributed by atoms with van der Waals surface area (Å²) in [5.74, 6) is 0. The van der Waals surface area contributed by atoms with Crippen LogP contribution in [0.3, 0.4) is 0 Å². The molecule has 0 aliphatic carbocycles. The summed E-state index contributed by atoms with van der Waals surface area (Å²) in [7, 11) is -8.10. The van der Waals surface area contributed by atoms with Gasteiger partial charge in [0.05, 0.1) is 11.2 Å². The second-order valence-corrected chi connectivity index (χ2v) is 9.54. The fraction of sp³-hybridized carbons (Fsp3) is 0.909. The van der Waals surface area contributed by atoms with E-state index in [0.717, 1.165) is 0 Å². The monoisotopic (exact) mass is 406 g/mol. The van der Waals surface area contributed by atoms with Crippen molar-refractivity contribution in [3.05, 3.63) is 0 Å². The Morgan fingerprint density at radius 3 is 1.50 bits per heavy atom. The molecule has 144 valence electrons. The molecule has 0 aliphatic rings. The minimum atomic E-state index is -4.05. The molecule has 24 heavy (non-hydrogen) atoms. The summed E-state index contributed by atoms with van der Waals surface area (Å²) in [4.78, 5) is 18.1. The van der Waals surface area contributed by atoms with Gasteiger partial charge >= 0.3 is 15.5 Å². The topological polar surface area (TPSA) is 169 Å². The maximum absolute atomic E-state index is 11.1. The Hall–Kier alpha value is -0.0900. The Labute approximate surface area is 147 Å². The third-order valence-electron chi connectivity index (χ3n) is 2.78. The number of hydrogen-bond donors (Lipinski definition) is 6. The van der Waals surface area contributed by atoms with E-state index in [1.54, 1.807) is 27.7 Å². The van der Waals surface area contributed by atoms with Crippen LogP contribution in [0, 0.1) is 0 Å². The maximum atomic E-state index is 11.1. The summed E-state index contributed by atoms with van der Waals surface area (Å²) in [6.07, 6.45) is 0.790. The van der Waals surface area contributed by atoms with Crippen LogP contribution in [0.5, 0.6) is 0 Å².